The Balaban J connectivity index is 1.77. The minimum atomic E-state index is -4.79. The monoisotopic (exact) mass is 417 g/mol. The van der Waals surface area contributed by atoms with E-state index in [1.807, 2.05) is 0 Å². The van der Waals surface area contributed by atoms with Crippen molar-refractivity contribution in [1.29, 1.82) is 0 Å². The van der Waals surface area contributed by atoms with E-state index >= 15 is 0 Å². The van der Waals surface area contributed by atoms with Crippen molar-refractivity contribution >= 4 is 18.0 Å². The fourth-order valence-electron chi connectivity index (χ4n) is 3.73. The maximum atomic E-state index is 13.2. The zero-order valence-corrected chi connectivity index (χ0v) is 16.4. The summed E-state index contributed by atoms with van der Waals surface area (Å²) in [4.78, 5) is 38.4. The maximum Gasteiger partial charge on any atom is 0.418 e. The Hall–Kier alpha value is -2.72. The van der Waals surface area contributed by atoms with Gasteiger partial charge in [0.05, 0.1) is 18.1 Å². The molecule has 0 radical (unpaired) electrons. The first-order valence-corrected chi connectivity index (χ1v) is 8.95. The number of carbonyl (C=O) groups is 3. The van der Waals surface area contributed by atoms with E-state index in [4.69, 9.17) is 4.74 Å². The van der Waals surface area contributed by atoms with Gasteiger partial charge in [0.25, 0.3) is 0 Å². The Morgan fingerprint density at radius 1 is 1.21 bits per heavy atom. The topological polar surface area (TPSA) is 89.9 Å². The molecule has 8 nitrogen and oxygen atoms in total. The van der Waals surface area contributed by atoms with E-state index in [0.29, 0.717) is 18.9 Å². The van der Waals surface area contributed by atoms with Crippen LogP contribution in [0.2, 0.25) is 0 Å². The van der Waals surface area contributed by atoms with E-state index in [-0.39, 0.29) is 12.6 Å². The second kappa shape index (κ2) is 6.67. The van der Waals surface area contributed by atoms with E-state index in [9.17, 15) is 27.6 Å². The maximum absolute atomic E-state index is 13.2. The molecule has 0 unspecified atom stereocenters. The van der Waals surface area contributed by atoms with Crippen molar-refractivity contribution in [2.45, 2.75) is 51.4 Å². The third kappa shape index (κ3) is 3.77. The molecule has 2 aliphatic heterocycles. The number of methoxy groups -OCH3 is 1. The lowest BCUT2D eigenvalue weighted by Gasteiger charge is -2.35. The average molecular weight is 417 g/mol. The van der Waals surface area contributed by atoms with Crippen LogP contribution in [0.25, 0.3) is 0 Å². The van der Waals surface area contributed by atoms with Gasteiger partial charge in [-0.15, -0.1) is 0 Å². The van der Waals surface area contributed by atoms with Crippen LogP contribution in [0.1, 0.15) is 49.7 Å². The number of nitrogens with one attached hydrogen (secondary N) is 1. The first-order chi connectivity index (χ1) is 13.3. The number of hydrogen-bond donors (Lipinski definition) is 1. The molecule has 2 amide bonds. The molecule has 1 saturated carbocycles. The van der Waals surface area contributed by atoms with Gasteiger partial charge in [-0.1, -0.05) is 0 Å². The van der Waals surface area contributed by atoms with Crippen molar-refractivity contribution in [3.63, 3.8) is 0 Å². The lowest BCUT2D eigenvalue weighted by molar-refractivity contribution is -0.138. The van der Waals surface area contributed by atoms with Gasteiger partial charge >= 0.3 is 18.2 Å². The Labute approximate surface area is 164 Å². The van der Waals surface area contributed by atoms with Crippen molar-refractivity contribution in [3.05, 3.63) is 23.5 Å². The molecule has 2 bridgehead atoms. The Morgan fingerprint density at radius 2 is 1.83 bits per heavy atom. The number of aromatic nitrogens is 1. The van der Waals surface area contributed by atoms with Crippen molar-refractivity contribution in [3.8, 4) is 0 Å². The van der Waals surface area contributed by atoms with Crippen LogP contribution < -0.4 is 5.43 Å². The molecule has 0 spiro atoms. The molecule has 0 atom stereocenters. The lowest BCUT2D eigenvalue weighted by Crippen LogP contribution is -2.46. The van der Waals surface area contributed by atoms with Crippen LogP contribution in [0.4, 0.5) is 18.0 Å². The van der Waals surface area contributed by atoms with Crippen molar-refractivity contribution in [1.82, 2.24) is 9.58 Å². The highest BCUT2D eigenvalue weighted by molar-refractivity contribution is 5.95. The zero-order valence-electron chi connectivity index (χ0n) is 16.4. The van der Waals surface area contributed by atoms with Gasteiger partial charge in [0.15, 0.2) is 5.69 Å². The smallest absolute Gasteiger partial charge is 0.418 e. The summed E-state index contributed by atoms with van der Waals surface area (Å²) in [5.41, 5.74) is -1.30. The van der Waals surface area contributed by atoms with Gasteiger partial charge in [-0.25, -0.2) is 9.59 Å². The molecule has 4 rings (SSSR count). The SMILES string of the molecule is COC(=O)c1c(C(F)(F)F)ccn1NC(=O)C12CC(C1)N(C(=O)OC(C)(C)C)C2. The van der Waals surface area contributed by atoms with Gasteiger partial charge in [-0.2, -0.15) is 13.2 Å². The summed E-state index contributed by atoms with van der Waals surface area (Å²) in [7, 11) is 0.951. The number of halogens is 3. The Bertz CT molecular complexity index is 850. The van der Waals surface area contributed by atoms with Crippen LogP contribution in [-0.2, 0) is 20.4 Å². The van der Waals surface area contributed by atoms with Crippen LogP contribution in [0, 0.1) is 5.41 Å². The minimum absolute atomic E-state index is 0.0966. The molecule has 3 heterocycles. The summed E-state index contributed by atoms with van der Waals surface area (Å²) >= 11 is 0. The number of amides is 2. The number of hydrogen-bond acceptors (Lipinski definition) is 5. The largest absolute Gasteiger partial charge is 0.464 e. The van der Waals surface area contributed by atoms with E-state index in [2.05, 4.69) is 10.2 Å². The van der Waals surface area contributed by atoms with Crippen LogP contribution in [0.3, 0.4) is 0 Å². The molecule has 3 aliphatic rings. The first-order valence-electron chi connectivity index (χ1n) is 8.95. The minimum Gasteiger partial charge on any atom is -0.464 e. The summed E-state index contributed by atoms with van der Waals surface area (Å²) in [5.74, 6) is -1.80. The third-order valence-electron chi connectivity index (χ3n) is 5.07. The predicted molar refractivity (Wildman–Crippen MR) is 93.5 cm³/mol. The highest BCUT2D eigenvalue weighted by Gasteiger charge is 2.61. The molecule has 0 aromatic carbocycles. The van der Waals surface area contributed by atoms with E-state index in [1.54, 1.807) is 20.8 Å². The number of carbonyl (C=O) groups excluding carboxylic acids is 3. The highest BCUT2D eigenvalue weighted by atomic mass is 19.4. The number of ether oxygens (including phenoxy) is 2. The van der Waals surface area contributed by atoms with Gasteiger partial charge in [-0.05, 0) is 39.7 Å². The molecule has 160 valence electrons. The normalized spacial score (nSPS) is 23.4. The van der Waals surface area contributed by atoms with Gasteiger partial charge in [0.1, 0.15) is 5.60 Å². The molecule has 1 N–H and O–H groups in total. The van der Waals surface area contributed by atoms with Crippen molar-refractivity contribution in [2.24, 2.45) is 5.41 Å². The van der Waals surface area contributed by atoms with E-state index in [0.717, 1.165) is 18.0 Å². The summed E-state index contributed by atoms with van der Waals surface area (Å²) in [6.45, 7) is 5.28. The van der Waals surface area contributed by atoms with Crippen LogP contribution in [0.15, 0.2) is 12.3 Å². The second-order valence-electron chi connectivity index (χ2n) is 8.33. The van der Waals surface area contributed by atoms with Gasteiger partial charge in [0, 0.05) is 18.8 Å². The Kier molecular flexibility index (Phi) is 4.83. The summed E-state index contributed by atoms with van der Waals surface area (Å²) in [6.07, 6.45) is -3.64. The second-order valence-corrected chi connectivity index (χ2v) is 8.33. The van der Waals surface area contributed by atoms with Crippen LogP contribution in [-0.4, -0.2) is 52.8 Å². The Morgan fingerprint density at radius 3 is 2.34 bits per heavy atom. The van der Waals surface area contributed by atoms with E-state index < -0.39 is 46.4 Å². The fourth-order valence-corrected chi connectivity index (χ4v) is 3.73. The number of alkyl halides is 3. The van der Waals surface area contributed by atoms with Crippen molar-refractivity contribution in [2.75, 3.05) is 19.1 Å². The molecule has 11 heteroatoms. The average Bonchev–Trinajstić information content (AvgIpc) is 3.22. The molecule has 2 saturated heterocycles. The van der Waals surface area contributed by atoms with Gasteiger partial charge < -0.3 is 14.4 Å². The summed E-state index contributed by atoms with van der Waals surface area (Å²) in [6, 6.07) is 0.529. The molecule has 1 aromatic heterocycles. The molecule has 1 aliphatic carbocycles. The number of esters is 1. The first kappa shape index (κ1) is 21.0. The van der Waals surface area contributed by atoms with Gasteiger partial charge in [-0.3, -0.25) is 14.9 Å². The quantitative estimate of drug-likeness (QED) is 0.764. The standard InChI is InChI=1S/C18H22F3N3O5/c1-16(2,3)29-15(27)23-9-17(7-10(23)8-17)14(26)22-24-6-5-11(18(19,20)21)12(24)13(25)28-4/h5-6,10H,7-9H2,1-4H3,(H,22,26). The van der Waals surface area contributed by atoms with Gasteiger partial charge in [0.2, 0.25) is 5.91 Å². The van der Waals surface area contributed by atoms with Crippen LogP contribution in [0.5, 0.6) is 0 Å². The highest BCUT2D eigenvalue weighted by Crippen LogP contribution is 2.52. The molecule has 29 heavy (non-hydrogen) atoms. The number of fused-ring (bicyclic) bond motifs is 1. The number of nitrogens with zero attached hydrogens (tertiary/aromatic N) is 2. The third-order valence-corrected chi connectivity index (χ3v) is 5.07. The van der Waals surface area contributed by atoms with Crippen molar-refractivity contribution < 1.29 is 37.0 Å². The van der Waals surface area contributed by atoms with Crippen LogP contribution >= 0.6 is 0 Å². The molecule has 3 fully saturated rings. The predicted octanol–water partition coefficient (Wildman–Crippen LogP) is 2.76. The molecular weight excluding hydrogens is 395 g/mol. The summed E-state index contributed by atoms with van der Waals surface area (Å²) < 4.78 is 50.0. The van der Waals surface area contributed by atoms with E-state index in [1.165, 1.54) is 4.90 Å². The fraction of sp³-hybridized carbons (Fsp3) is 0.611. The zero-order chi connectivity index (χ0) is 21.8. The number of rotatable bonds is 3. The molecule has 1 aromatic rings. The lowest BCUT2D eigenvalue weighted by atomic mass is 9.69. The summed E-state index contributed by atoms with van der Waals surface area (Å²) in [5, 5.41) is 0. The molecular formula is C18H22F3N3O5.